The van der Waals surface area contributed by atoms with E-state index in [4.69, 9.17) is 0 Å². The first kappa shape index (κ1) is 10.4. The molecular formula is C11H22N2O. The van der Waals surface area contributed by atoms with Gasteiger partial charge in [0, 0.05) is 18.6 Å². The van der Waals surface area contributed by atoms with Crippen LogP contribution < -0.4 is 10.6 Å². The summed E-state index contributed by atoms with van der Waals surface area (Å²) in [7, 11) is 0. The second kappa shape index (κ2) is 4.17. The summed E-state index contributed by atoms with van der Waals surface area (Å²) in [4.78, 5) is 0. The molecule has 0 radical (unpaired) electrons. The standard InChI is InChI=1S/C11H22N2O/c1-11(14,8-13-9-5-6-9)10-4-2-3-7-12-10/h9-10,12-14H,2-8H2,1H3. The quantitative estimate of drug-likeness (QED) is 0.621. The third kappa shape index (κ3) is 2.69. The van der Waals surface area contributed by atoms with E-state index < -0.39 is 5.60 Å². The maximum atomic E-state index is 10.3. The Kier molecular flexibility index (Phi) is 3.10. The van der Waals surface area contributed by atoms with E-state index in [-0.39, 0.29) is 6.04 Å². The molecule has 2 unspecified atom stereocenters. The molecule has 1 heterocycles. The number of hydrogen-bond donors (Lipinski definition) is 3. The molecule has 0 amide bonds. The normalized spacial score (nSPS) is 32.6. The molecule has 82 valence electrons. The minimum atomic E-state index is -0.580. The molecule has 0 bridgehead atoms. The second-order valence-corrected chi connectivity index (χ2v) is 5.01. The second-order valence-electron chi connectivity index (χ2n) is 5.01. The first-order chi connectivity index (χ1) is 6.68. The van der Waals surface area contributed by atoms with Crippen LogP contribution in [-0.2, 0) is 0 Å². The lowest BCUT2D eigenvalue weighted by Gasteiger charge is -2.36. The molecule has 0 aromatic carbocycles. The van der Waals surface area contributed by atoms with Crippen LogP contribution >= 0.6 is 0 Å². The first-order valence-corrected chi connectivity index (χ1v) is 5.88. The summed E-state index contributed by atoms with van der Waals surface area (Å²) < 4.78 is 0. The van der Waals surface area contributed by atoms with Crippen LogP contribution in [0.1, 0.15) is 39.0 Å². The van der Waals surface area contributed by atoms with Crippen LogP contribution in [0.2, 0.25) is 0 Å². The van der Waals surface area contributed by atoms with Crippen molar-refractivity contribution in [3.63, 3.8) is 0 Å². The summed E-state index contributed by atoms with van der Waals surface area (Å²) in [6, 6.07) is 0.965. The molecule has 1 aliphatic carbocycles. The first-order valence-electron chi connectivity index (χ1n) is 5.88. The molecule has 1 aliphatic heterocycles. The number of rotatable bonds is 4. The highest BCUT2D eigenvalue weighted by atomic mass is 16.3. The minimum Gasteiger partial charge on any atom is -0.387 e. The summed E-state index contributed by atoms with van der Waals surface area (Å²) in [5.74, 6) is 0. The van der Waals surface area contributed by atoms with Gasteiger partial charge in [-0.2, -0.15) is 0 Å². The van der Waals surface area contributed by atoms with E-state index in [0.29, 0.717) is 6.04 Å². The van der Waals surface area contributed by atoms with Crippen molar-refractivity contribution in [3.05, 3.63) is 0 Å². The summed E-state index contributed by atoms with van der Waals surface area (Å²) in [5, 5.41) is 17.1. The fourth-order valence-electron chi connectivity index (χ4n) is 2.14. The van der Waals surface area contributed by atoms with Crippen molar-refractivity contribution in [1.29, 1.82) is 0 Å². The average molecular weight is 198 g/mol. The lowest BCUT2D eigenvalue weighted by molar-refractivity contribution is 0.0104. The number of piperidine rings is 1. The molecule has 2 aliphatic rings. The van der Waals surface area contributed by atoms with Crippen molar-refractivity contribution >= 4 is 0 Å². The van der Waals surface area contributed by atoms with Crippen LogP contribution in [0, 0.1) is 0 Å². The molecule has 1 saturated heterocycles. The van der Waals surface area contributed by atoms with Gasteiger partial charge in [-0.15, -0.1) is 0 Å². The highest BCUT2D eigenvalue weighted by molar-refractivity contribution is 4.94. The van der Waals surface area contributed by atoms with E-state index in [1.807, 2.05) is 6.92 Å². The lowest BCUT2D eigenvalue weighted by Crippen LogP contribution is -2.56. The zero-order valence-corrected chi connectivity index (χ0v) is 9.05. The average Bonchev–Trinajstić information content (AvgIpc) is 3.00. The SMILES string of the molecule is CC(O)(CNC1CC1)C1CCCCN1. The Bertz CT molecular complexity index is 184. The highest BCUT2D eigenvalue weighted by Crippen LogP contribution is 2.22. The molecular weight excluding hydrogens is 176 g/mol. The van der Waals surface area contributed by atoms with Crippen LogP contribution in [0.3, 0.4) is 0 Å². The van der Waals surface area contributed by atoms with Gasteiger partial charge in [-0.1, -0.05) is 6.42 Å². The van der Waals surface area contributed by atoms with Crippen LogP contribution in [-0.4, -0.2) is 35.9 Å². The molecule has 0 spiro atoms. The number of nitrogens with one attached hydrogen (secondary N) is 2. The molecule has 0 aromatic rings. The van der Waals surface area contributed by atoms with Crippen LogP contribution in [0.5, 0.6) is 0 Å². The zero-order valence-electron chi connectivity index (χ0n) is 9.05. The molecule has 2 rings (SSSR count). The molecule has 1 saturated carbocycles. The minimum absolute atomic E-state index is 0.280. The van der Waals surface area contributed by atoms with Gasteiger partial charge in [0.15, 0.2) is 0 Å². The van der Waals surface area contributed by atoms with E-state index in [2.05, 4.69) is 10.6 Å². The maximum absolute atomic E-state index is 10.3. The van der Waals surface area contributed by atoms with Gasteiger partial charge in [0.05, 0.1) is 5.60 Å². The molecule has 2 atom stereocenters. The van der Waals surface area contributed by atoms with Crippen molar-refractivity contribution in [2.24, 2.45) is 0 Å². The highest BCUT2D eigenvalue weighted by Gasteiger charge is 2.34. The van der Waals surface area contributed by atoms with E-state index >= 15 is 0 Å². The van der Waals surface area contributed by atoms with Crippen LogP contribution in [0.15, 0.2) is 0 Å². The summed E-state index contributed by atoms with van der Waals surface area (Å²) in [5.41, 5.74) is -0.580. The Labute approximate surface area is 86.3 Å². The predicted octanol–water partition coefficient (Wildman–Crippen LogP) is 0.631. The molecule has 2 fully saturated rings. The molecule has 3 nitrogen and oxygen atoms in total. The van der Waals surface area contributed by atoms with Gasteiger partial charge >= 0.3 is 0 Å². The molecule has 14 heavy (non-hydrogen) atoms. The number of aliphatic hydroxyl groups is 1. The predicted molar refractivity (Wildman–Crippen MR) is 57.3 cm³/mol. The fourth-order valence-corrected chi connectivity index (χ4v) is 2.14. The fraction of sp³-hybridized carbons (Fsp3) is 1.00. The van der Waals surface area contributed by atoms with E-state index in [9.17, 15) is 5.11 Å². The van der Waals surface area contributed by atoms with Crippen molar-refractivity contribution < 1.29 is 5.11 Å². The Morgan fingerprint density at radius 2 is 2.14 bits per heavy atom. The molecule has 0 aromatic heterocycles. The maximum Gasteiger partial charge on any atom is 0.0895 e. The van der Waals surface area contributed by atoms with Gasteiger partial charge in [-0.05, 0) is 39.2 Å². The van der Waals surface area contributed by atoms with E-state index in [1.54, 1.807) is 0 Å². The smallest absolute Gasteiger partial charge is 0.0895 e. The Balaban J connectivity index is 1.78. The molecule has 3 heteroatoms. The summed E-state index contributed by atoms with van der Waals surface area (Å²) in [6.45, 7) is 3.74. The third-order valence-corrected chi connectivity index (χ3v) is 3.39. The lowest BCUT2D eigenvalue weighted by atomic mass is 9.89. The summed E-state index contributed by atoms with van der Waals surface area (Å²) in [6.07, 6.45) is 6.18. The van der Waals surface area contributed by atoms with Crippen molar-refractivity contribution in [1.82, 2.24) is 10.6 Å². The van der Waals surface area contributed by atoms with Gasteiger partial charge in [0.25, 0.3) is 0 Å². The Morgan fingerprint density at radius 3 is 2.71 bits per heavy atom. The zero-order chi connectivity index (χ0) is 10.0. The topological polar surface area (TPSA) is 44.3 Å². The van der Waals surface area contributed by atoms with E-state index in [1.165, 1.54) is 25.7 Å². The van der Waals surface area contributed by atoms with Crippen LogP contribution in [0.25, 0.3) is 0 Å². The van der Waals surface area contributed by atoms with Crippen molar-refractivity contribution in [3.8, 4) is 0 Å². The Morgan fingerprint density at radius 1 is 1.36 bits per heavy atom. The van der Waals surface area contributed by atoms with Gasteiger partial charge in [0.2, 0.25) is 0 Å². The van der Waals surface area contributed by atoms with Gasteiger partial charge in [0.1, 0.15) is 0 Å². The largest absolute Gasteiger partial charge is 0.387 e. The monoisotopic (exact) mass is 198 g/mol. The third-order valence-electron chi connectivity index (χ3n) is 3.39. The van der Waals surface area contributed by atoms with Crippen molar-refractivity contribution in [2.45, 2.75) is 56.7 Å². The molecule has 3 N–H and O–H groups in total. The number of hydrogen-bond acceptors (Lipinski definition) is 3. The van der Waals surface area contributed by atoms with Crippen LogP contribution in [0.4, 0.5) is 0 Å². The van der Waals surface area contributed by atoms with Gasteiger partial charge < -0.3 is 15.7 Å². The van der Waals surface area contributed by atoms with Crippen molar-refractivity contribution in [2.75, 3.05) is 13.1 Å². The van der Waals surface area contributed by atoms with Gasteiger partial charge in [-0.3, -0.25) is 0 Å². The van der Waals surface area contributed by atoms with Gasteiger partial charge in [-0.25, -0.2) is 0 Å². The van der Waals surface area contributed by atoms with E-state index in [0.717, 1.165) is 19.5 Å². The Hall–Kier alpha value is -0.120. The summed E-state index contributed by atoms with van der Waals surface area (Å²) >= 11 is 0.